The van der Waals surface area contributed by atoms with Gasteiger partial charge in [0, 0.05) is 12.7 Å². The Kier molecular flexibility index (Phi) is 9.51. The average Bonchev–Trinajstić information content (AvgIpc) is 2.56. The topological polar surface area (TPSA) is 57.5 Å². The lowest BCUT2D eigenvalue weighted by Gasteiger charge is -2.37. The van der Waals surface area contributed by atoms with Gasteiger partial charge in [-0.15, -0.1) is 0 Å². The highest BCUT2D eigenvalue weighted by atomic mass is 16.4. The van der Waals surface area contributed by atoms with Crippen molar-refractivity contribution in [3.8, 4) is 0 Å². The molecule has 0 saturated heterocycles. The molecule has 0 bridgehead atoms. The third-order valence-corrected chi connectivity index (χ3v) is 5.43. The van der Waals surface area contributed by atoms with Crippen LogP contribution in [0.5, 0.6) is 0 Å². The van der Waals surface area contributed by atoms with Gasteiger partial charge in [-0.2, -0.15) is 0 Å². The number of hydrogen-bond donors (Lipinski definition) is 2. The summed E-state index contributed by atoms with van der Waals surface area (Å²) in [6.45, 7) is 11.0. The van der Waals surface area contributed by atoms with Gasteiger partial charge in [0.25, 0.3) is 0 Å². The maximum absolute atomic E-state index is 10.6. The average molecular weight is 373 g/mol. The molecule has 27 heavy (non-hydrogen) atoms. The van der Waals surface area contributed by atoms with Crippen LogP contribution in [0.4, 0.5) is 0 Å². The highest BCUT2D eigenvalue weighted by Crippen LogP contribution is 2.44. The number of carbonyl (C=O) groups is 1. The first-order valence-corrected chi connectivity index (χ1v) is 9.93. The number of rotatable bonds is 9. The Morgan fingerprint density at radius 2 is 1.89 bits per heavy atom. The van der Waals surface area contributed by atoms with E-state index in [1.165, 1.54) is 30.1 Å². The largest absolute Gasteiger partial charge is 0.478 e. The van der Waals surface area contributed by atoms with Crippen molar-refractivity contribution in [2.24, 2.45) is 11.3 Å². The lowest BCUT2D eigenvalue weighted by Crippen LogP contribution is -2.24. The molecule has 0 amide bonds. The van der Waals surface area contributed by atoms with E-state index in [0.717, 1.165) is 24.8 Å². The Balaban J connectivity index is 2.90. The fourth-order valence-corrected chi connectivity index (χ4v) is 3.73. The first-order chi connectivity index (χ1) is 12.7. The molecule has 0 radical (unpaired) electrons. The van der Waals surface area contributed by atoms with Crippen LogP contribution in [0.25, 0.3) is 0 Å². The SMILES string of the molecule is CC1=C(/C=C/C(C)=C/C=C/C(C)=C/C(=O)O)C(C)(C)CCC1CCCCO. The fourth-order valence-electron chi connectivity index (χ4n) is 3.73. The Morgan fingerprint density at radius 1 is 1.19 bits per heavy atom. The highest BCUT2D eigenvalue weighted by Gasteiger charge is 2.31. The van der Waals surface area contributed by atoms with Crippen LogP contribution in [0, 0.1) is 11.3 Å². The van der Waals surface area contributed by atoms with Crippen molar-refractivity contribution in [1.82, 2.24) is 0 Å². The zero-order chi connectivity index (χ0) is 20.4. The van der Waals surface area contributed by atoms with E-state index in [4.69, 9.17) is 10.2 Å². The summed E-state index contributed by atoms with van der Waals surface area (Å²) >= 11 is 0. The fraction of sp³-hybridized carbons (Fsp3) is 0.542. The van der Waals surface area contributed by atoms with Crippen LogP contribution in [0.3, 0.4) is 0 Å². The van der Waals surface area contributed by atoms with Crippen molar-refractivity contribution >= 4 is 5.97 Å². The number of hydrogen-bond acceptors (Lipinski definition) is 2. The van der Waals surface area contributed by atoms with Gasteiger partial charge in [0.05, 0.1) is 0 Å². The maximum atomic E-state index is 10.6. The second-order valence-corrected chi connectivity index (χ2v) is 8.27. The van der Waals surface area contributed by atoms with Gasteiger partial charge in [0.2, 0.25) is 0 Å². The quantitative estimate of drug-likeness (QED) is 0.297. The molecule has 150 valence electrons. The van der Waals surface area contributed by atoms with Crippen molar-refractivity contribution in [1.29, 1.82) is 0 Å². The molecular formula is C24H36O3. The third-order valence-electron chi connectivity index (χ3n) is 5.43. The van der Waals surface area contributed by atoms with E-state index in [0.29, 0.717) is 11.5 Å². The van der Waals surface area contributed by atoms with Crippen LogP contribution in [0.2, 0.25) is 0 Å². The van der Waals surface area contributed by atoms with Crippen LogP contribution in [0.15, 0.2) is 58.7 Å². The summed E-state index contributed by atoms with van der Waals surface area (Å²) in [5, 5.41) is 17.8. The van der Waals surface area contributed by atoms with Crippen molar-refractivity contribution < 1.29 is 15.0 Å². The molecule has 0 aromatic rings. The van der Waals surface area contributed by atoms with E-state index < -0.39 is 5.97 Å². The van der Waals surface area contributed by atoms with E-state index in [1.807, 2.05) is 12.2 Å². The van der Waals surface area contributed by atoms with E-state index in [-0.39, 0.29) is 12.0 Å². The zero-order valence-electron chi connectivity index (χ0n) is 17.6. The minimum absolute atomic E-state index is 0.186. The molecule has 1 unspecified atom stereocenters. The molecule has 0 aliphatic heterocycles. The van der Waals surface area contributed by atoms with E-state index in [2.05, 4.69) is 39.8 Å². The Bertz CT molecular complexity index is 657. The zero-order valence-corrected chi connectivity index (χ0v) is 17.6. The van der Waals surface area contributed by atoms with Crippen LogP contribution >= 0.6 is 0 Å². The van der Waals surface area contributed by atoms with Crippen molar-refractivity contribution in [2.45, 2.75) is 66.7 Å². The smallest absolute Gasteiger partial charge is 0.328 e. The molecule has 0 fully saturated rings. The van der Waals surface area contributed by atoms with Crippen molar-refractivity contribution in [2.75, 3.05) is 6.61 Å². The molecule has 1 atom stereocenters. The molecule has 3 heteroatoms. The molecule has 1 aliphatic rings. The number of aliphatic hydroxyl groups excluding tert-OH is 1. The minimum atomic E-state index is -0.923. The molecule has 0 saturated carbocycles. The third kappa shape index (κ3) is 8.13. The Labute approximate surface area is 164 Å². The summed E-state index contributed by atoms with van der Waals surface area (Å²) in [5.74, 6) is -0.301. The summed E-state index contributed by atoms with van der Waals surface area (Å²) in [6, 6.07) is 0. The number of carboxylic acid groups (broad SMARTS) is 1. The second-order valence-electron chi connectivity index (χ2n) is 8.27. The molecule has 0 heterocycles. The number of aliphatic carboxylic acids is 1. The first-order valence-electron chi connectivity index (χ1n) is 9.93. The molecule has 1 rings (SSSR count). The molecule has 0 spiro atoms. The van der Waals surface area contributed by atoms with Crippen LogP contribution < -0.4 is 0 Å². The molecule has 1 aliphatic carbocycles. The second kappa shape index (κ2) is 11.1. The van der Waals surface area contributed by atoms with E-state index in [1.54, 1.807) is 13.0 Å². The predicted octanol–water partition coefficient (Wildman–Crippen LogP) is 5.99. The van der Waals surface area contributed by atoms with Gasteiger partial charge in [-0.1, -0.05) is 61.8 Å². The summed E-state index contributed by atoms with van der Waals surface area (Å²) in [6.07, 6.45) is 16.9. The van der Waals surface area contributed by atoms with Crippen molar-refractivity contribution in [3.63, 3.8) is 0 Å². The molecule has 0 aromatic carbocycles. The Morgan fingerprint density at radius 3 is 2.52 bits per heavy atom. The van der Waals surface area contributed by atoms with Crippen LogP contribution in [-0.2, 0) is 4.79 Å². The van der Waals surface area contributed by atoms with E-state index >= 15 is 0 Å². The molecule has 2 N–H and O–H groups in total. The van der Waals surface area contributed by atoms with Gasteiger partial charge in [-0.25, -0.2) is 4.79 Å². The lowest BCUT2D eigenvalue weighted by molar-refractivity contribution is -0.131. The van der Waals surface area contributed by atoms with Gasteiger partial charge in [0.1, 0.15) is 0 Å². The van der Waals surface area contributed by atoms with Crippen LogP contribution in [-0.4, -0.2) is 22.8 Å². The molecule has 0 aromatic heterocycles. The maximum Gasteiger partial charge on any atom is 0.328 e. The normalized spacial score (nSPS) is 21.5. The number of unbranched alkanes of at least 4 members (excludes halogenated alkanes) is 1. The number of aliphatic hydroxyl groups is 1. The van der Waals surface area contributed by atoms with Gasteiger partial charge < -0.3 is 10.2 Å². The minimum Gasteiger partial charge on any atom is -0.478 e. The summed E-state index contributed by atoms with van der Waals surface area (Å²) in [5.41, 5.74) is 4.96. The monoisotopic (exact) mass is 372 g/mol. The lowest BCUT2D eigenvalue weighted by atomic mass is 9.68. The molecular weight excluding hydrogens is 336 g/mol. The number of allylic oxidation sites excluding steroid dienone is 9. The summed E-state index contributed by atoms with van der Waals surface area (Å²) in [7, 11) is 0. The van der Waals surface area contributed by atoms with Crippen LogP contribution in [0.1, 0.15) is 66.7 Å². The van der Waals surface area contributed by atoms with Gasteiger partial charge in [-0.05, 0) is 68.9 Å². The standard InChI is InChI=1S/C24H36O3/c1-18(9-8-10-19(2)17-23(26)27)12-13-22-20(3)21(11-6-7-16-25)14-15-24(22,4)5/h8-10,12-13,17,21,25H,6-7,11,14-16H2,1-5H3,(H,26,27)/b10-8+,13-12+,18-9+,19-17+. The highest BCUT2D eigenvalue weighted by molar-refractivity contribution is 5.81. The predicted molar refractivity (Wildman–Crippen MR) is 114 cm³/mol. The van der Waals surface area contributed by atoms with E-state index in [9.17, 15) is 4.79 Å². The first kappa shape index (κ1) is 23.2. The summed E-state index contributed by atoms with van der Waals surface area (Å²) < 4.78 is 0. The summed E-state index contributed by atoms with van der Waals surface area (Å²) in [4.78, 5) is 10.6. The Hall–Kier alpha value is -1.87. The molecule has 3 nitrogen and oxygen atoms in total. The number of carboxylic acids is 1. The van der Waals surface area contributed by atoms with Gasteiger partial charge in [-0.3, -0.25) is 0 Å². The van der Waals surface area contributed by atoms with Crippen molar-refractivity contribution in [3.05, 3.63) is 58.7 Å². The van der Waals surface area contributed by atoms with Gasteiger partial charge >= 0.3 is 5.97 Å². The van der Waals surface area contributed by atoms with Gasteiger partial charge in [0.15, 0.2) is 0 Å².